The van der Waals surface area contributed by atoms with Crippen LogP contribution in [0.3, 0.4) is 0 Å². The van der Waals surface area contributed by atoms with Crippen molar-refractivity contribution in [1.29, 1.82) is 0 Å². The minimum Gasteiger partial charge on any atom is -0.450 e. The number of rotatable bonds is 5. The molecule has 1 heterocycles. The van der Waals surface area contributed by atoms with Crippen LogP contribution in [0.2, 0.25) is 0 Å². The average molecular weight is 510 g/mol. The third kappa shape index (κ3) is 4.64. The lowest BCUT2D eigenvalue weighted by Crippen LogP contribution is -2.66. The van der Waals surface area contributed by atoms with E-state index in [0.29, 0.717) is 44.9 Å². The number of carboxylic acid groups (broad SMARTS) is 1. The Bertz CT molecular complexity index is 989. The van der Waals surface area contributed by atoms with Crippen molar-refractivity contribution in [2.45, 2.75) is 69.3 Å². The molecule has 5 fully saturated rings. The molecular formula is C26H34F3N3O4. The molecule has 6 rings (SSSR count). The molecule has 1 aromatic rings. The number of amides is 1. The number of carbonyl (C=O) groups is 2. The molecule has 1 aromatic carbocycles. The molecule has 10 heteroatoms. The van der Waals surface area contributed by atoms with Gasteiger partial charge in [-0.25, -0.2) is 4.79 Å². The van der Waals surface area contributed by atoms with Gasteiger partial charge in [-0.1, -0.05) is 0 Å². The van der Waals surface area contributed by atoms with Crippen LogP contribution in [0.1, 0.15) is 51.5 Å². The van der Waals surface area contributed by atoms with Crippen molar-refractivity contribution in [3.05, 3.63) is 29.8 Å². The first-order valence-electron chi connectivity index (χ1n) is 12.8. The quantitative estimate of drug-likeness (QED) is 0.574. The number of anilines is 1. The maximum Gasteiger partial charge on any atom is 0.506 e. The number of benzene rings is 1. The van der Waals surface area contributed by atoms with E-state index >= 15 is 0 Å². The summed E-state index contributed by atoms with van der Waals surface area (Å²) in [4.78, 5) is 28.9. The number of alkyl halides is 3. The standard InChI is InChI=1S/C26H34F3N3O4/c1-24(2,32-9-7-31(8-10-32)20-5-3-19(4-6-20)26(27,28)29)22(33)30-21-17-11-16-12-18(21)15-25(13-16,14-17)36-23(34)35/h3-6,16-18,21H,7-15H2,1-2H3,(H,30,33)(H,34,35). The molecule has 2 unspecified atom stereocenters. The number of nitrogens with one attached hydrogen (secondary N) is 1. The Labute approximate surface area is 209 Å². The van der Waals surface area contributed by atoms with Crippen LogP contribution in [-0.2, 0) is 15.7 Å². The van der Waals surface area contributed by atoms with Gasteiger partial charge in [0.15, 0.2) is 0 Å². The summed E-state index contributed by atoms with van der Waals surface area (Å²) in [6, 6.07) is 5.26. The van der Waals surface area contributed by atoms with E-state index in [4.69, 9.17) is 4.74 Å². The fourth-order valence-electron chi connectivity index (χ4n) is 7.35. The lowest BCUT2D eigenvalue weighted by Gasteiger charge is -2.59. The first kappa shape index (κ1) is 25.2. The Kier molecular flexibility index (Phi) is 6.16. The Morgan fingerprint density at radius 1 is 1.00 bits per heavy atom. The summed E-state index contributed by atoms with van der Waals surface area (Å²) in [6.07, 6.45) is -1.43. The summed E-state index contributed by atoms with van der Waals surface area (Å²) in [7, 11) is 0. The molecule has 1 aliphatic heterocycles. The van der Waals surface area contributed by atoms with Crippen molar-refractivity contribution in [3.8, 4) is 0 Å². The van der Waals surface area contributed by atoms with Crippen LogP contribution in [0.4, 0.5) is 23.7 Å². The zero-order chi connectivity index (χ0) is 25.9. The Hall–Kier alpha value is -2.49. The number of ether oxygens (including phenoxy) is 1. The highest BCUT2D eigenvalue weighted by molar-refractivity contribution is 5.85. The van der Waals surface area contributed by atoms with Crippen molar-refractivity contribution >= 4 is 17.7 Å². The van der Waals surface area contributed by atoms with E-state index in [2.05, 4.69) is 10.2 Å². The van der Waals surface area contributed by atoms with E-state index in [1.165, 1.54) is 12.1 Å². The van der Waals surface area contributed by atoms with Gasteiger partial charge in [0, 0.05) is 37.9 Å². The summed E-state index contributed by atoms with van der Waals surface area (Å²) < 4.78 is 44.0. The molecule has 4 saturated carbocycles. The highest BCUT2D eigenvalue weighted by Crippen LogP contribution is 2.57. The van der Waals surface area contributed by atoms with Gasteiger partial charge in [0.1, 0.15) is 5.60 Å². The number of piperazine rings is 1. The Morgan fingerprint density at radius 2 is 1.58 bits per heavy atom. The molecule has 4 aliphatic carbocycles. The molecule has 2 atom stereocenters. The lowest BCUT2D eigenvalue weighted by molar-refractivity contribution is -0.157. The van der Waals surface area contributed by atoms with Crippen LogP contribution in [0.5, 0.6) is 0 Å². The van der Waals surface area contributed by atoms with E-state index in [9.17, 15) is 27.9 Å². The smallest absolute Gasteiger partial charge is 0.450 e. The minimum atomic E-state index is -4.35. The molecule has 4 bridgehead atoms. The van der Waals surface area contributed by atoms with Crippen molar-refractivity contribution < 1.29 is 32.6 Å². The fraction of sp³-hybridized carbons (Fsp3) is 0.692. The fourth-order valence-corrected chi connectivity index (χ4v) is 7.35. The Balaban J connectivity index is 1.19. The highest BCUT2D eigenvalue weighted by atomic mass is 19.4. The number of hydrogen-bond acceptors (Lipinski definition) is 5. The molecule has 36 heavy (non-hydrogen) atoms. The highest BCUT2D eigenvalue weighted by Gasteiger charge is 2.58. The van der Waals surface area contributed by atoms with Gasteiger partial charge in [-0.05, 0) is 88.0 Å². The minimum absolute atomic E-state index is 0.0313. The number of carbonyl (C=O) groups excluding carboxylic acids is 1. The topological polar surface area (TPSA) is 82.1 Å². The number of halogens is 3. The summed E-state index contributed by atoms with van der Waals surface area (Å²) in [5.41, 5.74) is -1.24. The molecule has 198 valence electrons. The van der Waals surface area contributed by atoms with Crippen molar-refractivity contribution in [2.24, 2.45) is 17.8 Å². The molecule has 1 amide bonds. The second-order valence-electron chi connectivity index (χ2n) is 11.6. The monoisotopic (exact) mass is 509 g/mol. The van der Waals surface area contributed by atoms with Gasteiger partial charge in [0.05, 0.1) is 11.1 Å². The predicted molar refractivity (Wildman–Crippen MR) is 127 cm³/mol. The van der Waals surface area contributed by atoms with E-state index in [1.54, 1.807) is 0 Å². The van der Waals surface area contributed by atoms with Crippen LogP contribution in [0, 0.1) is 17.8 Å². The van der Waals surface area contributed by atoms with Crippen molar-refractivity contribution in [2.75, 3.05) is 31.1 Å². The molecule has 1 saturated heterocycles. The van der Waals surface area contributed by atoms with Crippen LogP contribution >= 0.6 is 0 Å². The van der Waals surface area contributed by atoms with E-state index in [-0.39, 0.29) is 23.8 Å². The maximum absolute atomic E-state index is 13.5. The van der Waals surface area contributed by atoms with Gasteiger partial charge >= 0.3 is 12.3 Å². The predicted octanol–water partition coefficient (Wildman–Crippen LogP) is 4.36. The van der Waals surface area contributed by atoms with E-state index < -0.39 is 29.0 Å². The van der Waals surface area contributed by atoms with Crippen molar-refractivity contribution in [1.82, 2.24) is 10.2 Å². The molecule has 7 nitrogen and oxygen atoms in total. The summed E-state index contributed by atoms with van der Waals surface area (Å²) in [5.74, 6) is 0.885. The maximum atomic E-state index is 13.5. The molecule has 2 N–H and O–H groups in total. The number of hydrogen-bond donors (Lipinski definition) is 2. The third-order valence-corrected chi connectivity index (χ3v) is 9.00. The van der Waals surface area contributed by atoms with Crippen LogP contribution in [0.15, 0.2) is 24.3 Å². The molecule has 5 aliphatic rings. The summed E-state index contributed by atoms with van der Waals surface area (Å²) in [5, 5.41) is 12.6. The third-order valence-electron chi connectivity index (χ3n) is 9.00. The van der Waals surface area contributed by atoms with Gasteiger partial charge in [-0.15, -0.1) is 0 Å². The van der Waals surface area contributed by atoms with Crippen LogP contribution < -0.4 is 10.2 Å². The normalized spacial score (nSPS) is 32.4. The van der Waals surface area contributed by atoms with Gasteiger partial charge in [0.25, 0.3) is 0 Å². The summed E-state index contributed by atoms with van der Waals surface area (Å²) >= 11 is 0. The molecule has 0 radical (unpaired) electrons. The van der Waals surface area contributed by atoms with Crippen LogP contribution in [0.25, 0.3) is 0 Å². The molecular weight excluding hydrogens is 475 g/mol. The second kappa shape index (κ2) is 8.82. The largest absolute Gasteiger partial charge is 0.506 e. The first-order chi connectivity index (χ1) is 16.9. The molecule has 0 aromatic heterocycles. The van der Waals surface area contributed by atoms with Gasteiger partial charge in [-0.2, -0.15) is 13.2 Å². The van der Waals surface area contributed by atoms with Crippen molar-refractivity contribution in [3.63, 3.8) is 0 Å². The summed E-state index contributed by atoms with van der Waals surface area (Å²) in [6.45, 7) is 6.32. The zero-order valence-corrected chi connectivity index (χ0v) is 20.7. The van der Waals surface area contributed by atoms with Crippen LogP contribution in [-0.4, -0.2) is 65.4 Å². The SMILES string of the molecule is CC(C)(C(=O)NC1C2CC3CC1CC(OC(=O)O)(C3)C2)N1CCN(c2ccc(C(F)(F)F)cc2)CC1. The first-order valence-corrected chi connectivity index (χ1v) is 12.8. The van der Waals surface area contributed by atoms with E-state index in [1.807, 2.05) is 18.7 Å². The molecule has 0 spiro atoms. The second-order valence-corrected chi connectivity index (χ2v) is 11.6. The van der Waals surface area contributed by atoms with E-state index in [0.717, 1.165) is 37.1 Å². The van der Waals surface area contributed by atoms with Gasteiger partial charge in [0.2, 0.25) is 5.91 Å². The number of nitrogens with zero attached hydrogens (tertiary/aromatic N) is 2. The average Bonchev–Trinajstić information content (AvgIpc) is 2.79. The zero-order valence-electron chi connectivity index (χ0n) is 20.7. The van der Waals surface area contributed by atoms with Gasteiger partial charge in [-0.3, -0.25) is 9.69 Å². The Morgan fingerprint density at radius 3 is 2.11 bits per heavy atom. The van der Waals surface area contributed by atoms with Gasteiger partial charge < -0.3 is 20.1 Å². The lowest BCUT2D eigenvalue weighted by atomic mass is 9.52.